The first kappa shape index (κ1) is 12.7. The summed E-state index contributed by atoms with van der Waals surface area (Å²) in [5.41, 5.74) is 4.05. The zero-order chi connectivity index (χ0) is 13.1. The highest BCUT2D eigenvalue weighted by molar-refractivity contribution is 9.09. The van der Waals surface area contributed by atoms with Gasteiger partial charge in [0.25, 0.3) is 0 Å². The van der Waals surface area contributed by atoms with Crippen LogP contribution in [0.3, 0.4) is 0 Å². The lowest BCUT2D eigenvalue weighted by Crippen LogP contribution is -2.09. The van der Waals surface area contributed by atoms with E-state index in [-0.39, 0.29) is 0 Å². The van der Waals surface area contributed by atoms with Crippen molar-refractivity contribution in [3.05, 3.63) is 65.2 Å². The van der Waals surface area contributed by atoms with E-state index < -0.39 is 0 Å². The van der Waals surface area contributed by atoms with Gasteiger partial charge in [-0.3, -0.25) is 0 Å². The van der Waals surface area contributed by atoms with Crippen LogP contribution in [0.1, 0.15) is 27.9 Å². The maximum Gasteiger partial charge on any atom is 0.122 e. The quantitative estimate of drug-likeness (QED) is 0.746. The lowest BCUT2D eigenvalue weighted by atomic mass is 9.99. The minimum absolute atomic E-state index is 0.363. The van der Waals surface area contributed by atoms with E-state index in [4.69, 9.17) is 4.74 Å². The number of rotatable bonds is 3. The average Bonchev–Trinajstić information content (AvgIpc) is 2.48. The first-order valence-corrected chi connectivity index (χ1v) is 7.68. The molecule has 98 valence electrons. The van der Waals surface area contributed by atoms with Crippen LogP contribution < -0.4 is 4.74 Å². The SMILES string of the molecule is BrC(Cc1ccccc1)c1ccc2c(c1)CCCO2. The van der Waals surface area contributed by atoms with E-state index >= 15 is 0 Å². The van der Waals surface area contributed by atoms with Crippen molar-refractivity contribution < 1.29 is 4.74 Å². The van der Waals surface area contributed by atoms with Crippen LogP contribution in [0.25, 0.3) is 0 Å². The Morgan fingerprint density at radius 2 is 1.95 bits per heavy atom. The Morgan fingerprint density at radius 3 is 2.79 bits per heavy atom. The maximum absolute atomic E-state index is 5.66. The van der Waals surface area contributed by atoms with Crippen molar-refractivity contribution >= 4 is 15.9 Å². The van der Waals surface area contributed by atoms with Crippen LogP contribution in [0, 0.1) is 0 Å². The second kappa shape index (κ2) is 5.79. The number of ether oxygens (including phenoxy) is 1. The molecule has 0 aliphatic carbocycles. The largest absolute Gasteiger partial charge is 0.493 e. The van der Waals surface area contributed by atoms with Crippen LogP contribution >= 0.6 is 15.9 Å². The Bertz CT molecular complexity index is 550. The van der Waals surface area contributed by atoms with Gasteiger partial charge in [-0.1, -0.05) is 58.4 Å². The molecule has 1 aliphatic rings. The van der Waals surface area contributed by atoms with Crippen molar-refractivity contribution in [3.8, 4) is 5.75 Å². The molecule has 2 aromatic carbocycles. The van der Waals surface area contributed by atoms with Gasteiger partial charge in [0.1, 0.15) is 5.75 Å². The van der Waals surface area contributed by atoms with E-state index in [9.17, 15) is 0 Å². The fraction of sp³-hybridized carbons (Fsp3) is 0.294. The van der Waals surface area contributed by atoms with Gasteiger partial charge < -0.3 is 4.74 Å². The number of hydrogen-bond acceptors (Lipinski definition) is 1. The van der Waals surface area contributed by atoms with Gasteiger partial charge in [-0.15, -0.1) is 0 Å². The van der Waals surface area contributed by atoms with Gasteiger partial charge in [0.15, 0.2) is 0 Å². The van der Waals surface area contributed by atoms with Gasteiger partial charge in [-0.2, -0.15) is 0 Å². The number of fused-ring (bicyclic) bond motifs is 1. The topological polar surface area (TPSA) is 9.23 Å². The molecule has 1 nitrogen and oxygen atoms in total. The fourth-order valence-corrected chi connectivity index (χ4v) is 3.17. The van der Waals surface area contributed by atoms with Crippen molar-refractivity contribution in [3.63, 3.8) is 0 Å². The van der Waals surface area contributed by atoms with E-state index in [1.165, 1.54) is 16.7 Å². The molecule has 1 aliphatic heterocycles. The maximum atomic E-state index is 5.66. The van der Waals surface area contributed by atoms with Crippen molar-refractivity contribution in [2.45, 2.75) is 24.1 Å². The van der Waals surface area contributed by atoms with Crippen molar-refractivity contribution in [2.75, 3.05) is 6.61 Å². The zero-order valence-electron chi connectivity index (χ0n) is 10.8. The number of halogens is 1. The lowest BCUT2D eigenvalue weighted by Gasteiger charge is -2.19. The van der Waals surface area contributed by atoms with Gasteiger partial charge >= 0.3 is 0 Å². The zero-order valence-corrected chi connectivity index (χ0v) is 12.4. The second-order valence-corrected chi connectivity index (χ2v) is 6.08. The molecule has 1 unspecified atom stereocenters. The Labute approximate surface area is 122 Å². The van der Waals surface area contributed by atoms with Crippen molar-refractivity contribution in [1.82, 2.24) is 0 Å². The van der Waals surface area contributed by atoms with E-state index in [0.29, 0.717) is 4.83 Å². The molecule has 0 fully saturated rings. The van der Waals surface area contributed by atoms with Gasteiger partial charge in [0.2, 0.25) is 0 Å². The number of aryl methyl sites for hydroxylation is 1. The molecule has 0 saturated heterocycles. The predicted octanol–water partition coefficient (Wildman–Crippen LogP) is 4.69. The molecule has 0 radical (unpaired) electrons. The van der Waals surface area contributed by atoms with Crippen LogP contribution in [0.15, 0.2) is 48.5 Å². The Kier molecular flexibility index (Phi) is 3.88. The molecule has 1 atom stereocenters. The Balaban J connectivity index is 1.78. The highest BCUT2D eigenvalue weighted by atomic mass is 79.9. The predicted molar refractivity (Wildman–Crippen MR) is 82.1 cm³/mol. The second-order valence-electron chi connectivity index (χ2n) is 4.98. The lowest BCUT2D eigenvalue weighted by molar-refractivity contribution is 0.288. The minimum Gasteiger partial charge on any atom is -0.493 e. The first-order valence-electron chi connectivity index (χ1n) is 6.76. The molecule has 0 aromatic heterocycles. The molecule has 2 heteroatoms. The first-order chi connectivity index (χ1) is 9.33. The molecule has 0 spiro atoms. The van der Waals surface area contributed by atoms with Crippen molar-refractivity contribution in [2.24, 2.45) is 0 Å². The summed E-state index contributed by atoms with van der Waals surface area (Å²) in [5.74, 6) is 1.06. The molecule has 0 N–H and O–H groups in total. The molecule has 0 saturated carbocycles. The summed E-state index contributed by atoms with van der Waals surface area (Å²) < 4.78 is 5.66. The standard InChI is InChI=1S/C17H17BrO/c18-16(11-13-5-2-1-3-6-13)14-8-9-17-15(12-14)7-4-10-19-17/h1-3,5-6,8-9,12,16H,4,7,10-11H2. The van der Waals surface area contributed by atoms with Gasteiger partial charge in [0, 0.05) is 4.83 Å². The van der Waals surface area contributed by atoms with Crippen LogP contribution in [-0.4, -0.2) is 6.61 Å². The minimum atomic E-state index is 0.363. The third-order valence-electron chi connectivity index (χ3n) is 3.55. The fourth-order valence-electron chi connectivity index (χ4n) is 2.51. The van der Waals surface area contributed by atoms with Gasteiger partial charge in [0.05, 0.1) is 6.61 Å². The average molecular weight is 317 g/mol. The highest BCUT2D eigenvalue weighted by Gasteiger charge is 2.14. The monoisotopic (exact) mass is 316 g/mol. The molecule has 2 aromatic rings. The molecule has 3 rings (SSSR count). The van der Waals surface area contributed by atoms with Crippen LogP contribution in [0.5, 0.6) is 5.75 Å². The third kappa shape index (κ3) is 3.01. The van der Waals surface area contributed by atoms with E-state index in [2.05, 4.69) is 64.5 Å². The summed E-state index contributed by atoms with van der Waals surface area (Å²) in [5, 5.41) is 0. The highest BCUT2D eigenvalue weighted by Crippen LogP contribution is 2.32. The van der Waals surface area contributed by atoms with Crippen LogP contribution in [-0.2, 0) is 12.8 Å². The van der Waals surface area contributed by atoms with E-state index in [1.807, 2.05) is 0 Å². The number of alkyl halides is 1. The Hall–Kier alpha value is -1.28. The summed E-state index contributed by atoms with van der Waals surface area (Å²) in [6.07, 6.45) is 3.27. The van der Waals surface area contributed by atoms with E-state index in [0.717, 1.165) is 31.6 Å². The molecule has 0 amide bonds. The van der Waals surface area contributed by atoms with Gasteiger partial charge in [-0.25, -0.2) is 0 Å². The summed E-state index contributed by atoms with van der Waals surface area (Å²) in [4.78, 5) is 0.363. The number of hydrogen-bond donors (Lipinski definition) is 0. The van der Waals surface area contributed by atoms with E-state index in [1.54, 1.807) is 0 Å². The summed E-state index contributed by atoms with van der Waals surface area (Å²) in [6.45, 7) is 0.855. The molecule has 0 bridgehead atoms. The summed E-state index contributed by atoms with van der Waals surface area (Å²) in [6, 6.07) is 17.2. The molecular weight excluding hydrogens is 300 g/mol. The normalized spacial score (nSPS) is 15.4. The molecular formula is C17H17BrO. The molecule has 19 heavy (non-hydrogen) atoms. The van der Waals surface area contributed by atoms with Crippen molar-refractivity contribution in [1.29, 1.82) is 0 Å². The summed E-state index contributed by atoms with van der Waals surface area (Å²) in [7, 11) is 0. The smallest absolute Gasteiger partial charge is 0.122 e. The molecule has 1 heterocycles. The van der Waals surface area contributed by atoms with Crippen LogP contribution in [0.2, 0.25) is 0 Å². The third-order valence-corrected chi connectivity index (χ3v) is 4.40. The summed E-state index contributed by atoms with van der Waals surface area (Å²) >= 11 is 3.81. The van der Waals surface area contributed by atoms with Crippen LogP contribution in [0.4, 0.5) is 0 Å². The Morgan fingerprint density at radius 1 is 1.11 bits per heavy atom. The van der Waals surface area contributed by atoms with Gasteiger partial charge in [-0.05, 0) is 42.0 Å². The number of benzene rings is 2.